The predicted molar refractivity (Wildman–Crippen MR) is 57.5 cm³/mol. The Bertz CT molecular complexity index is 413. The number of nitrogens with zero attached hydrogens (tertiary/aromatic N) is 4. The highest BCUT2D eigenvalue weighted by molar-refractivity contribution is 14.2. The summed E-state index contributed by atoms with van der Waals surface area (Å²) >= 11 is 2.26. The number of hydrogen-bond acceptors (Lipinski definition) is 4. The van der Waals surface area contributed by atoms with Gasteiger partial charge in [-0.1, -0.05) is 0 Å². The zero-order valence-electron chi connectivity index (χ0n) is 5.90. The van der Waals surface area contributed by atoms with E-state index in [4.69, 9.17) is 5.73 Å². The van der Waals surface area contributed by atoms with E-state index >= 15 is 0 Å². The largest absolute Gasteiger partial charge is 0.382 e. The molecular formula is C5H5IN5P. The molecule has 12 heavy (non-hydrogen) atoms. The molecule has 0 fully saturated rings. The zero-order valence-corrected chi connectivity index (χ0v) is 9.06. The second-order valence-electron chi connectivity index (χ2n) is 2.13. The number of aromatic nitrogens is 4. The molecule has 0 aliphatic carbocycles. The molecular weight excluding hydrogens is 288 g/mol. The minimum atomic E-state index is 0.438. The number of nitrogens with two attached hydrogens (primary N) is 1. The number of hydrogen-bond donors (Lipinski definition) is 1. The summed E-state index contributed by atoms with van der Waals surface area (Å²) in [7, 11) is 0. The summed E-state index contributed by atoms with van der Waals surface area (Å²) in [5.74, 6) is 0.438. The Morgan fingerprint density at radius 2 is 2.25 bits per heavy atom. The molecule has 1 unspecified atom stereocenters. The Hall–Kier alpha value is -0.490. The summed E-state index contributed by atoms with van der Waals surface area (Å²) in [5.41, 5.74) is 7.08. The quantitative estimate of drug-likeness (QED) is 0.633. The minimum Gasteiger partial charge on any atom is -0.382 e. The lowest BCUT2D eigenvalue weighted by atomic mass is 10.5. The Kier molecular flexibility index (Phi) is 2.10. The van der Waals surface area contributed by atoms with Crippen LogP contribution in [0, 0.1) is 0 Å². The van der Waals surface area contributed by atoms with Crippen LogP contribution >= 0.6 is 28.4 Å². The summed E-state index contributed by atoms with van der Waals surface area (Å²) in [4.78, 5) is 12.0. The van der Waals surface area contributed by atoms with E-state index in [9.17, 15) is 0 Å². The summed E-state index contributed by atoms with van der Waals surface area (Å²) in [5, 5.41) is 0. The van der Waals surface area contributed by atoms with Crippen molar-refractivity contribution in [2.45, 2.75) is 0 Å². The van der Waals surface area contributed by atoms with Gasteiger partial charge in [-0.25, -0.2) is 15.0 Å². The van der Waals surface area contributed by atoms with Gasteiger partial charge in [-0.3, -0.25) is 4.34 Å². The molecule has 62 valence electrons. The lowest BCUT2D eigenvalue weighted by Gasteiger charge is -1.95. The highest BCUT2D eigenvalue weighted by Crippen LogP contribution is 2.28. The topological polar surface area (TPSA) is 69.6 Å². The van der Waals surface area contributed by atoms with Crippen molar-refractivity contribution in [2.24, 2.45) is 0 Å². The van der Waals surface area contributed by atoms with Crippen molar-refractivity contribution in [1.29, 1.82) is 0 Å². The Morgan fingerprint density at radius 3 is 3.00 bits per heavy atom. The third kappa shape index (κ3) is 1.15. The molecule has 0 aliphatic heterocycles. The molecule has 7 heteroatoms. The molecule has 0 aromatic carbocycles. The van der Waals surface area contributed by atoms with Crippen LogP contribution in [0.4, 0.5) is 5.82 Å². The lowest BCUT2D eigenvalue weighted by molar-refractivity contribution is 1.18. The Morgan fingerprint density at radius 1 is 1.42 bits per heavy atom. The first kappa shape index (κ1) is 8.12. The normalized spacial score (nSPS) is 11.8. The highest BCUT2D eigenvalue weighted by atomic mass is 127. The molecule has 0 aliphatic rings. The van der Waals surface area contributed by atoms with E-state index in [1.165, 1.54) is 6.33 Å². The molecule has 5 nitrogen and oxygen atoms in total. The number of nitrogen functional groups attached to an aromatic ring is 1. The van der Waals surface area contributed by atoms with E-state index in [1.54, 1.807) is 6.33 Å². The first-order chi connectivity index (χ1) is 5.83. The molecule has 2 N–H and O–H groups in total. The fourth-order valence-corrected chi connectivity index (χ4v) is 2.32. The van der Waals surface area contributed by atoms with Gasteiger partial charge < -0.3 is 5.73 Å². The van der Waals surface area contributed by atoms with Gasteiger partial charge >= 0.3 is 0 Å². The van der Waals surface area contributed by atoms with E-state index < -0.39 is 0 Å². The molecule has 0 saturated carbocycles. The lowest BCUT2D eigenvalue weighted by Crippen LogP contribution is -1.93. The number of rotatable bonds is 1. The van der Waals surface area contributed by atoms with Crippen LogP contribution in [-0.2, 0) is 0 Å². The standard InChI is InChI=1S/C5H5IN5P/c6-12-11-2-10-3-4(7)8-1-9-5(3)11/h1-2,12H,(H2,7,8,9). The van der Waals surface area contributed by atoms with Crippen LogP contribution in [0.2, 0.25) is 0 Å². The predicted octanol–water partition coefficient (Wildman–Crippen LogP) is 1.20. The second-order valence-corrected chi connectivity index (χ2v) is 4.23. The van der Waals surface area contributed by atoms with Gasteiger partial charge in [-0.2, -0.15) is 0 Å². The van der Waals surface area contributed by atoms with Crippen LogP contribution in [0.5, 0.6) is 0 Å². The number of fused-ring (bicyclic) bond motifs is 1. The number of halogens is 1. The summed E-state index contributed by atoms with van der Waals surface area (Å²) in [6.07, 6.45) is 3.76. The van der Waals surface area contributed by atoms with Gasteiger partial charge in [0.25, 0.3) is 0 Å². The van der Waals surface area contributed by atoms with Crippen molar-refractivity contribution >= 4 is 45.4 Å². The summed E-state index contributed by atoms with van der Waals surface area (Å²) in [6.45, 7) is 0. The smallest absolute Gasteiger partial charge is 0.169 e. The Labute approximate surface area is 83.1 Å². The van der Waals surface area contributed by atoms with Crippen molar-refractivity contribution in [3.05, 3.63) is 12.7 Å². The van der Waals surface area contributed by atoms with Gasteiger partial charge in [-0.05, 0) is 22.0 Å². The fraction of sp³-hybridized carbons (Fsp3) is 0. The van der Waals surface area contributed by atoms with Crippen LogP contribution in [0.15, 0.2) is 12.7 Å². The molecule has 0 bridgehead atoms. The van der Waals surface area contributed by atoms with E-state index in [1.807, 2.05) is 4.34 Å². The molecule has 2 rings (SSSR count). The van der Waals surface area contributed by atoms with Crippen LogP contribution in [-0.4, -0.2) is 19.3 Å². The van der Waals surface area contributed by atoms with Crippen molar-refractivity contribution < 1.29 is 0 Å². The average molecular weight is 293 g/mol. The van der Waals surface area contributed by atoms with E-state index in [0.29, 0.717) is 17.7 Å². The number of imidazole rings is 1. The van der Waals surface area contributed by atoms with Crippen LogP contribution < -0.4 is 5.73 Å². The SMILES string of the molecule is Nc1ncnc2c1ncn2PI. The average Bonchev–Trinajstić information content (AvgIpc) is 2.49. The Balaban J connectivity index is 2.80. The van der Waals surface area contributed by atoms with Crippen LogP contribution in [0.1, 0.15) is 0 Å². The molecule has 0 amide bonds. The van der Waals surface area contributed by atoms with Gasteiger partial charge in [0.1, 0.15) is 12.7 Å². The second kappa shape index (κ2) is 3.10. The number of anilines is 1. The fourth-order valence-electron chi connectivity index (χ4n) is 0.915. The molecule has 2 aromatic heterocycles. The van der Waals surface area contributed by atoms with Gasteiger partial charge in [0.05, 0.1) is 6.37 Å². The maximum atomic E-state index is 5.60. The van der Waals surface area contributed by atoms with Gasteiger partial charge in [0, 0.05) is 0 Å². The minimum absolute atomic E-state index is 0.438. The van der Waals surface area contributed by atoms with Gasteiger partial charge in [0.15, 0.2) is 17.0 Å². The summed E-state index contributed by atoms with van der Waals surface area (Å²) < 4.78 is 1.94. The highest BCUT2D eigenvalue weighted by Gasteiger charge is 2.05. The van der Waals surface area contributed by atoms with Crippen molar-refractivity contribution in [1.82, 2.24) is 19.3 Å². The molecule has 0 saturated heterocycles. The molecule has 2 aromatic rings. The van der Waals surface area contributed by atoms with E-state index in [2.05, 4.69) is 37.0 Å². The first-order valence-corrected chi connectivity index (χ1v) is 7.19. The van der Waals surface area contributed by atoms with E-state index in [0.717, 1.165) is 5.65 Å². The maximum Gasteiger partial charge on any atom is 0.169 e. The van der Waals surface area contributed by atoms with Crippen molar-refractivity contribution in [2.75, 3.05) is 5.73 Å². The molecule has 1 atom stereocenters. The third-order valence-electron chi connectivity index (χ3n) is 1.45. The van der Waals surface area contributed by atoms with Gasteiger partial charge in [-0.15, -0.1) is 0 Å². The molecule has 2 heterocycles. The zero-order chi connectivity index (χ0) is 8.55. The van der Waals surface area contributed by atoms with Crippen molar-refractivity contribution in [3.63, 3.8) is 0 Å². The molecule has 0 radical (unpaired) electrons. The van der Waals surface area contributed by atoms with Gasteiger partial charge in [0.2, 0.25) is 0 Å². The third-order valence-corrected chi connectivity index (χ3v) is 3.52. The van der Waals surface area contributed by atoms with Crippen molar-refractivity contribution in [3.8, 4) is 0 Å². The summed E-state index contributed by atoms with van der Waals surface area (Å²) in [6, 6.07) is 0. The maximum absolute atomic E-state index is 5.60. The van der Waals surface area contributed by atoms with E-state index in [-0.39, 0.29) is 0 Å². The first-order valence-electron chi connectivity index (χ1n) is 3.13. The monoisotopic (exact) mass is 293 g/mol. The van der Waals surface area contributed by atoms with Crippen LogP contribution in [0.25, 0.3) is 11.2 Å². The van der Waals surface area contributed by atoms with Crippen LogP contribution in [0.3, 0.4) is 0 Å². The molecule has 0 spiro atoms.